The van der Waals surface area contributed by atoms with E-state index in [-0.39, 0.29) is 5.97 Å². The quantitative estimate of drug-likeness (QED) is 0.507. The first-order valence-corrected chi connectivity index (χ1v) is 10.2. The highest BCUT2D eigenvalue weighted by Crippen LogP contribution is 2.42. The largest absolute Gasteiger partial charge is 0.464 e. The van der Waals surface area contributed by atoms with E-state index in [9.17, 15) is 4.79 Å². The predicted molar refractivity (Wildman–Crippen MR) is 95.2 cm³/mol. The molecule has 0 aromatic rings. The van der Waals surface area contributed by atoms with Crippen molar-refractivity contribution < 1.29 is 9.53 Å². The van der Waals surface area contributed by atoms with E-state index < -0.39 is 5.54 Å². The third-order valence-corrected chi connectivity index (χ3v) is 6.15. The molecule has 0 unspecified atom stereocenters. The van der Waals surface area contributed by atoms with E-state index >= 15 is 0 Å². The molecule has 2 fully saturated rings. The molecule has 0 amide bonds. The fraction of sp³-hybridized carbons (Fsp3) is 0.950. The second-order valence-electron chi connectivity index (χ2n) is 7.80. The van der Waals surface area contributed by atoms with Gasteiger partial charge in [0.2, 0.25) is 0 Å². The average Bonchev–Trinajstić information content (AvgIpc) is 2.62. The van der Waals surface area contributed by atoms with Gasteiger partial charge in [-0.15, -0.1) is 0 Å². The molecule has 2 aliphatic carbocycles. The van der Waals surface area contributed by atoms with Crippen molar-refractivity contribution in [1.82, 2.24) is 0 Å². The number of ether oxygens (including phenoxy) is 1. The molecule has 0 aliphatic heterocycles. The summed E-state index contributed by atoms with van der Waals surface area (Å²) in [6.07, 6.45) is 16.5. The van der Waals surface area contributed by atoms with E-state index in [1.165, 1.54) is 51.4 Å². The van der Waals surface area contributed by atoms with Crippen LogP contribution in [-0.4, -0.2) is 18.1 Å². The van der Waals surface area contributed by atoms with Gasteiger partial charge in [-0.3, -0.25) is 4.79 Å². The van der Waals surface area contributed by atoms with E-state index in [0.717, 1.165) is 38.5 Å². The molecule has 2 saturated carbocycles. The van der Waals surface area contributed by atoms with Gasteiger partial charge in [0.15, 0.2) is 0 Å². The lowest BCUT2D eigenvalue weighted by molar-refractivity contribution is -0.157. The van der Waals surface area contributed by atoms with E-state index in [1.807, 2.05) is 0 Å². The van der Waals surface area contributed by atoms with E-state index in [0.29, 0.717) is 18.4 Å². The maximum atomic E-state index is 12.9. The molecule has 0 aromatic carbocycles. The van der Waals surface area contributed by atoms with Crippen LogP contribution in [0.15, 0.2) is 0 Å². The maximum absolute atomic E-state index is 12.9. The Kier molecular flexibility index (Phi) is 7.88. The van der Waals surface area contributed by atoms with Gasteiger partial charge in [0.25, 0.3) is 0 Å². The molecular formula is C20H37NO2. The van der Waals surface area contributed by atoms with E-state index in [1.54, 1.807) is 0 Å². The highest BCUT2D eigenvalue weighted by atomic mass is 16.5. The summed E-state index contributed by atoms with van der Waals surface area (Å²) in [7, 11) is 0. The van der Waals surface area contributed by atoms with Gasteiger partial charge in [-0.25, -0.2) is 0 Å². The van der Waals surface area contributed by atoms with Gasteiger partial charge in [-0.2, -0.15) is 0 Å². The Morgan fingerprint density at radius 2 is 1.43 bits per heavy atom. The van der Waals surface area contributed by atoms with Crippen molar-refractivity contribution in [3.05, 3.63) is 0 Å². The second kappa shape index (κ2) is 9.66. The standard InChI is InChI=1S/C20H37NO2/c1-2-3-4-11-16-23-19(22)20(21,17-12-7-5-8-13-17)18-14-9-6-10-15-18/h17-18H,2-16,21H2,1H3. The lowest BCUT2D eigenvalue weighted by Crippen LogP contribution is -2.61. The molecule has 0 saturated heterocycles. The number of unbranched alkanes of at least 4 members (excludes halogenated alkanes) is 3. The lowest BCUT2D eigenvalue weighted by Gasteiger charge is -2.44. The fourth-order valence-corrected chi connectivity index (χ4v) is 4.65. The maximum Gasteiger partial charge on any atom is 0.326 e. The van der Waals surface area contributed by atoms with Crippen LogP contribution in [0.4, 0.5) is 0 Å². The van der Waals surface area contributed by atoms with Crippen molar-refractivity contribution in [2.75, 3.05) is 6.61 Å². The number of rotatable bonds is 8. The van der Waals surface area contributed by atoms with Crippen LogP contribution in [-0.2, 0) is 9.53 Å². The Morgan fingerprint density at radius 3 is 1.91 bits per heavy atom. The minimum absolute atomic E-state index is 0.0900. The summed E-state index contributed by atoms with van der Waals surface area (Å²) in [6, 6.07) is 0. The second-order valence-corrected chi connectivity index (χ2v) is 7.80. The van der Waals surface area contributed by atoms with Gasteiger partial charge in [0, 0.05) is 0 Å². The third-order valence-electron chi connectivity index (χ3n) is 6.15. The van der Waals surface area contributed by atoms with Crippen LogP contribution in [0, 0.1) is 11.8 Å². The summed E-state index contributed by atoms with van der Waals surface area (Å²) in [5.74, 6) is 0.581. The van der Waals surface area contributed by atoms with Gasteiger partial charge in [0.05, 0.1) is 6.61 Å². The van der Waals surface area contributed by atoms with Crippen LogP contribution in [0.5, 0.6) is 0 Å². The zero-order chi connectivity index (χ0) is 16.5. The molecule has 3 nitrogen and oxygen atoms in total. The number of esters is 1. The first-order chi connectivity index (χ1) is 11.2. The zero-order valence-electron chi connectivity index (χ0n) is 15.2. The SMILES string of the molecule is CCCCCCOC(=O)C(N)(C1CCCCC1)C1CCCCC1. The summed E-state index contributed by atoms with van der Waals surface area (Å²) < 4.78 is 5.70. The lowest BCUT2D eigenvalue weighted by atomic mass is 9.64. The minimum Gasteiger partial charge on any atom is -0.464 e. The Balaban J connectivity index is 1.98. The van der Waals surface area contributed by atoms with Crippen LogP contribution in [0.2, 0.25) is 0 Å². The number of nitrogens with two attached hydrogens (primary N) is 1. The van der Waals surface area contributed by atoms with Crippen molar-refractivity contribution in [3.63, 3.8) is 0 Å². The van der Waals surface area contributed by atoms with Crippen LogP contribution in [0.25, 0.3) is 0 Å². The molecule has 0 radical (unpaired) electrons. The normalized spacial score (nSPS) is 21.3. The van der Waals surface area contributed by atoms with Crippen molar-refractivity contribution >= 4 is 5.97 Å². The molecule has 0 spiro atoms. The summed E-state index contributed by atoms with van der Waals surface area (Å²) in [5, 5.41) is 0. The molecule has 2 rings (SSSR count). The summed E-state index contributed by atoms with van der Waals surface area (Å²) in [6.45, 7) is 2.75. The molecule has 0 atom stereocenters. The Labute approximate surface area is 142 Å². The molecule has 2 N–H and O–H groups in total. The van der Waals surface area contributed by atoms with Gasteiger partial charge in [-0.1, -0.05) is 64.7 Å². The monoisotopic (exact) mass is 323 g/mol. The third kappa shape index (κ3) is 4.95. The highest BCUT2D eigenvalue weighted by molar-refractivity contribution is 5.81. The Morgan fingerprint density at radius 1 is 0.913 bits per heavy atom. The van der Waals surface area contributed by atoms with Gasteiger partial charge in [0.1, 0.15) is 5.54 Å². The van der Waals surface area contributed by atoms with Crippen molar-refractivity contribution in [3.8, 4) is 0 Å². The first kappa shape index (κ1) is 18.8. The number of hydrogen-bond donors (Lipinski definition) is 1. The molecule has 0 heterocycles. The molecule has 0 bridgehead atoms. The number of hydrogen-bond acceptors (Lipinski definition) is 3. The average molecular weight is 324 g/mol. The molecule has 23 heavy (non-hydrogen) atoms. The van der Waals surface area contributed by atoms with Crippen LogP contribution < -0.4 is 5.73 Å². The van der Waals surface area contributed by atoms with Crippen LogP contribution in [0.3, 0.4) is 0 Å². The predicted octanol–water partition coefficient (Wildman–Crippen LogP) is 4.97. The first-order valence-electron chi connectivity index (χ1n) is 10.2. The summed E-state index contributed by atoms with van der Waals surface area (Å²) >= 11 is 0. The Hall–Kier alpha value is -0.570. The molecule has 0 aromatic heterocycles. The molecule has 2 aliphatic rings. The van der Waals surface area contributed by atoms with Gasteiger partial charge in [-0.05, 0) is 43.9 Å². The fourth-order valence-electron chi connectivity index (χ4n) is 4.65. The van der Waals surface area contributed by atoms with Gasteiger partial charge < -0.3 is 10.5 Å². The smallest absolute Gasteiger partial charge is 0.326 e. The number of carbonyl (C=O) groups is 1. The van der Waals surface area contributed by atoms with E-state index in [4.69, 9.17) is 10.5 Å². The number of carbonyl (C=O) groups excluding carboxylic acids is 1. The van der Waals surface area contributed by atoms with Crippen molar-refractivity contribution in [2.45, 2.75) is 102 Å². The van der Waals surface area contributed by atoms with Crippen molar-refractivity contribution in [2.24, 2.45) is 17.6 Å². The van der Waals surface area contributed by atoms with Crippen molar-refractivity contribution in [1.29, 1.82) is 0 Å². The highest BCUT2D eigenvalue weighted by Gasteiger charge is 2.49. The molecule has 134 valence electrons. The molecular weight excluding hydrogens is 286 g/mol. The molecule has 3 heteroatoms. The van der Waals surface area contributed by atoms with Crippen LogP contribution >= 0.6 is 0 Å². The van der Waals surface area contributed by atoms with E-state index in [2.05, 4.69) is 6.92 Å². The van der Waals surface area contributed by atoms with Gasteiger partial charge >= 0.3 is 5.97 Å². The summed E-state index contributed by atoms with van der Waals surface area (Å²) in [5.41, 5.74) is 6.14. The Bertz CT molecular complexity index is 326. The minimum atomic E-state index is -0.717. The topological polar surface area (TPSA) is 52.3 Å². The van der Waals surface area contributed by atoms with Crippen LogP contribution in [0.1, 0.15) is 96.8 Å². The zero-order valence-corrected chi connectivity index (χ0v) is 15.2. The summed E-state index contributed by atoms with van der Waals surface area (Å²) in [4.78, 5) is 12.9.